The molecule has 3 aromatic rings. The van der Waals surface area contributed by atoms with Crippen molar-refractivity contribution in [1.82, 2.24) is 14.7 Å². The number of likely N-dealkylation sites (tertiary alicyclic amines) is 1. The Kier molecular flexibility index (Phi) is 5.01. The third kappa shape index (κ3) is 3.35. The second kappa shape index (κ2) is 7.33. The molecule has 1 amide bonds. The standard InChI is InChI=1S/C20H20BrN3O3S/c1-23-19(17-8-7-14(21)13-18(17)22-23)20(25)24-11-9-16(10-12-24)28(26,27)15-5-3-2-4-6-15/h2-8,13,16H,9-12H2,1H3. The van der Waals surface area contributed by atoms with Gasteiger partial charge in [0.05, 0.1) is 15.7 Å². The molecule has 1 fully saturated rings. The van der Waals surface area contributed by atoms with Gasteiger partial charge in [-0.15, -0.1) is 0 Å². The number of hydrogen-bond donors (Lipinski definition) is 0. The fraction of sp³-hybridized carbons (Fsp3) is 0.300. The number of amides is 1. The first-order valence-corrected chi connectivity index (χ1v) is 11.4. The van der Waals surface area contributed by atoms with Gasteiger partial charge in [0.1, 0.15) is 5.69 Å². The minimum atomic E-state index is -3.37. The van der Waals surface area contributed by atoms with Crippen LogP contribution in [0.2, 0.25) is 0 Å². The van der Waals surface area contributed by atoms with E-state index in [1.807, 2.05) is 18.2 Å². The molecule has 6 nitrogen and oxygen atoms in total. The van der Waals surface area contributed by atoms with Gasteiger partial charge >= 0.3 is 0 Å². The summed E-state index contributed by atoms with van der Waals surface area (Å²) >= 11 is 3.42. The van der Waals surface area contributed by atoms with Crippen LogP contribution in [0.4, 0.5) is 0 Å². The number of carbonyl (C=O) groups excluding carboxylic acids is 1. The highest BCUT2D eigenvalue weighted by molar-refractivity contribution is 9.10. The molecule has 1 aromatic heterocycles. The predicted octanol–water partition coefficient (Wildman–Crippen LogP) is 3.41. The average molecular weight is 462 g/mol. The predicted molar refractivity (Wildman–Crippen MR) is 111 cm³/mol. The second-order valence-electron chi connectivity index (χ2n) is 6.98. The highest BCUT2D eigenvalue weighted by atomic mass is 79.9. The number of nitrogens with zero attached hydrogens (tertiary/aromatic N) is 3. The average Bonchev–Trinajstić information content (AvgIpc) is 3.03. The minimum absolute atomic E-state index is 0.108. The number of aromatic nitrogens is 2. The van der Waals surface area contributed by atoms with E-state index in [1.165, 1.54) is 0 Å². The maximum absolute atomic E-state index is 13.1. The van der Waals surface area contributed by atoms with Crippen LogP contribution < -0.4 is 0 Å². The van der Waals surface area contributed by atoms with Crippen LogP contribution in [0.5, 0.6) is 0 Å². The number of rotatable bonds is 3. The number of halogens is 1. The highest BCUT2D eigenvalue weighted by Gasteiger charge is 2.34. The van der Waals surface area contributed by atoms with Crippen LogP contribution in [0.1, 0.15) is 23.3 Å². The molecule has 0 spiro atoms. The molecule has 0 bridgehead atoms. The fourth-order valence-electron chi connectivity index (χ4n) is 3.75. The number of fused-ring (bicyclic) bond motifs is 1. The normalized spacial score (nSPS) is 15.9. The number of sulfone groups is 1. The molecule has 2 heterocycles. The molecule has 0 N–H and O–H groups in total. The zero-order valence-corrected chi connectivity index (χ0v) is 17.8. The van der Waals surface area contributed by atoms with Crippen LogP contribution in [0.3, 0.4) is 0 Å². The van der Waals surface area contributed by atoms with E-state index in [-0.39, 0.29) is 5.91 Å². The number of benzene rings is 2. The zero-order valence-electron chi connectivity index (χ0n) is 15.4. The van der Waals surface area contributed by atoms with E-state index in [0.717, 1.165) is 15.4 Å². The largest absolute Gasteiger partial charge is 0.337 e. The first kappa shape index (κ1) is 19.1. The lowest BCUT2D eigenvalue weighted by molar-refractivity contribution is 0.0716. The van der Waals surface area contributed by atoms with Gasteiger partial charge < -0.3 is 4.90 Å². The van der Waals surface area contributed by atoms with Crippen molar-refractivity contribution in [2.24, 2.45) is 7.05 Å². The molecule has 2 aromatic carbocycles. The Bertz CT molecular complexity index is 1130. The molecule has 1 aliphatic heterocycles. The first-order chi connectivity index (χ1) is 13.4. The van der Waals surface area contributed by atoms with Gasteiger partial charge in [0, 0.05) is 30.0 Å². The van der Waals surface area contributed by atoms with Crippen molar-refractivity contribution in [3.05, 3.63) is 58.7 Å². The zero-order chi connectivity index (χ0) is 19.9. The van der Waals surface area contributed by atoms with Gasteiger partial charge in [-0.25, -0.2) is 8.42 Å². The van der Waals surface area contributed by atoms with E-state index < -0.39 is 15.1 Å². The SMILES string of the molecule is Cn1nc2cc(Br)ccc2c1C(=O)N1CCC(S(=O)(=O)c2ccccc2)CC1. The maximum Gasteiger partial charge on any atom is 0.272 e. The van der Waals surface area contributed by atoms with E-state index in [4.69, 9.17) is 0 Å². The molecule has 0 atom stereocenters. The summed E-state index contributed by atoms with van der Waals surface area (Å²) in [4.78, 5) is 15.2. The van der Waals surface area contributed by atoms with E-state index in [9.17, 15) is 13.2 Å². The first-order valence-electron chi connectivity index (χ1n) is 9.08. The van der Waals surface area contributed by atoms with Crippen LogP contribution >= 0.6 is 15.9 Å². The summed E-state index contributed by atoms with van der Waals surface area (Å²) in [6, 6.07) is 14.2. The molecule has 1 saturated heterocycles. The van der Waals surface area contributed by atoms with Crippen molar-refractivity contribution in [3.63, 3.8) is 0 Å². The van der Waals surface area contributed by atoms with E-state index >= 15 is 0 Å². The smallest absolute Gasteiger partial charge is 0.272 e. The van der Waals surface area contributed by atoms with Crippen molar-refractivity contribution < 1.29 is 13.2 Å². The summed E-state index contributed by atoms with van der Waals surface area (Å²) < 4.78 is 28.2. The molecule has 0 unspecified atom stereocenters. The van der Waals surface area contributed by atoms with Gasteiger partial charge in [-0.2, -0.15) is 5.10 Å². The van der Waals surface area contributed by atoms with Crippen molar-refractivity contribution in [1.29, 1.82) is 0 Å². The molecule has 4 rings (SSSR count). The second-order valence-corrected chi connectivity index (χ2v) is 10.1. The van der Waals surface area contributed by atoms with Gasteiger partial charge in [0.25, 0.3) is 5.91 Å². The number of hydrogen-bond acceptors (Lipinski definition) is 4. The number of piperidine rings is 1. The Morgan fingerprint density at radius 2 is 1.79 bits per heavy atom. The number of carbonyl (C=O) groups is 1. The molecule has 0 radical (unpaired) electrons. The van der Waals surface area contributed by atoms with E-state index in [1.54, 1.807) is 47.0 Å². The Morgan fingerprint density at radius 3 is 2.46 bits per heavy atom. The molecular weight excluding hydrogens is 442 g/mol. The monoisotopic (exact) mass is 461 g/mol. The van der Waals surface area contributed by atoms with Crippen LogP contribution in [0.25, 0.3) is 10.9 Å². The quantitative estimate of drug-likeness (QED) is 0.598. The van der Waals surface area contributed by atoms with Gasteiger partial charge in [0.2, 0.25) is 0 Å². The Balaban J connectivity index is 1.53. The molecule has 8 heteroatoms. The molecule has 0 aliphatic carbocycles. The Labute approximate surface area is 172 Å². The van der Waals surface area contributed by atoms with Gasteiger partial charge in [-0.1, -0.05) is 34.1 Å². The third-order valence-electron chi connectivity index (χ3n) is 5.24. The molecule has 1 aliphatic rings. The lowest BCUT2D eigenvalue weighted by Crippen LogP contribution is -2.43. The summed E-state index contributed by atoms with van der Waals surface area (Å²) in [5.41, 5.74) is 1.29. The maximum atomic E-state index is 13.1. The van der Waals surface area contributed by atoms with Crippen molar-refractivity contribution >= 4 is 42.6 Å². The third-order valence-corrected chi connectivity index (χ3v) is 8.01. The topological polar surface area (TPSA) is 72.3 Å². The molecule has 0 saturated carbocycles. The van der Waals surface area contributed by atoms with Crippen molar-refractivity contribution in [2.45, 2.75) is 23.0 Å². The Morgan fingerprint density at radius 1 is 1.11 bits per heavy atom. The summed E-state index contributed by atoms with van der Waals surface area (Å²) in [5, 5.41) is 4.77. The van der Waals surface area contributed by atoms with Gasteiger partial charge in [-0.05, 0) is 43.2 Å². The minimum Gasteiger partial charge on any atom is -0.337 e. The number of aryl methyl sites for hydroxylation is 1. The van der Waals surface area contributed by atoms with Gasteiger partial charge in [0.15, 0.2) is 9.84 Å². The summed E-state index contributed by atoms with van der Waals surface area (Å²) in [7, 11) is -1.62. The van der Waals surface area contributed by atoms with Crippen molar-refractivity contribution in [2.75, 3.05) is 13.1 Å². The highest BCUT2D eigenvalue weighted by Crippen LogP contribution is 2.27. The van der Waals surface area contributed by atoms with E-state index in [0.29, 0.717) is 36.5 Å². The van der Waals surface area contributed by atoms with Gasteiger partial charge in [-0.3, -0.25) is 9.48 Å². The van der Waals surface area contributed by atoms with E-state index in [2.05, 4.69) is 21.0 Å². The summed E-state index contributed by atoms with van der Waals surface area (Å²) in [5.74, 6) is -0.108. The lowest BCUT2D eigenvalue weighted by Gasteiger charge is -2.31. The van der Waals surface area contributed by atoms with Crippen LogP contribution in [-0.4, -0.2) is 47.3 Å². The molecule has 28 heavy (non-hydrogen) atoms. The molecular formula is C20H20BrN3O3S. The van der Waals surface area contributed by atoms with Crippen LogP contribution in [0.15, 0.2) is 57.9 Å². The van der Waals surface area contributed by atoms with Crippen LogP contribution in [0, 0.1) is 0 Å². The summed E-state index contributed by atoms with van der Waals surface area (Å²) in [6.07, 6.45) is 0.870. The van der Waals surface area contributed by atoms with Crippen LogP contribution in [-0.2, 0) is 16.9 Å². The molecule has 146 valence electrons. The fourth-order valence-corrected chi connectivity index (χ4v) is 5.85. The Hall–Kier alpha value is -2.19. The van der Waals surface area contributed by atoms with Crippen molar-refractivity contribution in [3.8, 4) is 0 Å². The summed E-state index contributed by atoms with van der Waals surface area (Å²) in [6.45, 7) is 0.831. The lowest BCUT2D eigenvalue weighted by atomic mass is 10.1.